The van der Waals surface area contributed by atoms with Gasteiger partial charge >= 0.3 is 18.0 Å². The molecule has 9 heterocycles. The highest BCUT2D eigenvalue weighted by Crippen LogP contribution is 2.39. The minimum atomic E-state index is -1.90. The van der Waals surface area contributed by atoms with Gasteiger partial charge in [-0.25, -0.2) is 0 Å². The summed E-state index contributed by atoms with van der Waals surface area (Å²) in [5, 5.41) is 37.0. The number of hydrogen-bond donors (Lipinski definition) is 6. The molecule has 0 spiro atoms. The molecule has 0 radical (unpaired) electrons. The van der Waals surface area contributed by atoms with E-state index < -0.39 is 19.0 Å². The number of carbonyl (C=O) groups is 3. The summed E-state index contributed by atoms with van der Waals surface area (Å²) < 4.78 is 41.8. The minimum Gasteiger partial charge on any atom is -0.508 e. The van der Waals surface area contributed by atoms with Crippen molar-refractivity contribution in [1.29, 1.82) is 0 Å². The highest BCUT2D eigenvalue weighted by Gasteiger charge is 2.30. The fourth-order valence-corrected chi connectivity index (χ4v) is 18.8. The van der Waals surface area contributed by atoms with Gasteiger partial charge in [0, 0.05) is 196 Å². The number of likely N-dealkylation sites (tertiary alicyclic amines) is 1. The van der Waals surface area contributed by atoms with Gasteiger partial charge in [0.05, 0.1) is 43.3 Å². The summed E-state index contributed by atoms with van der Waals surface area (Å²) in [7, 11) is -3.76. The molecule has 0 bridgehead atoms. The summed E-state index contributed by atoms with van der Waals surface area (Å²) in [6.07, 6.45) is 9.59. The second-order valence-corrected chi connectivity index (χ2v) is 37.1. The predicted octanol–water partition coefficient (Wildman–Crippen LogP) is 10.6. The van der Waals surface area contributed by atoms with Gasteiger partial charge in [-0.05, 0) is 183 Å². The number of phenols is 3. The largest absolute Gasteiger partial charge is 0.508 e. The molecular formula is C94H128N18O11S2. The summed E-state index contributed by atoms with van der Waals surface area (Å²) in [6, 6.07) is 35.9. The van der Waals surface area contributed by atoms with Crippen LogP contribution in [0.25, 0.3) is 32.3 Å². The smallest absolute Gasteiger partial charge is 0.318 e. The maximum atomic E-state index is 12.0. The lowest BCUT2D eigenvalue weighted by atomic mass is 10.0. The molecular weight excluding hydrogens is 1620 g/mol. The molecule has 3 saturated heterocycles. The fraction of sp³-hybridized carbons (Fsp3) is 0.436. The van der Waals surface area contributed by atoms with Gasteiger partial charge in [-0.1, -0.05) is 92.5 Å². The van der Waals surface area contributed by atoms with Crippen LogP contribution in [0.15, 0.2) is 147 Å². The highest BCUT2D eigenvalue weighted by atomic mass is 32.2. The normalized spacial score (nSPS) is 16.0. The molecule has 1 atom stereocenters. The third-order valence-electron chi connectivity index (χ3n) is 23.1. The monoisotopic (exact) mass is 1750 g/mol. The van der Waals surface area contributed by atoms with Gasteiger partial charge in [-0.15, -0.1) is 0 Å². The Morgan fingerprint density at radius 1 is 0.448 bits per heavy atom. The summed E-state index contributed by atoms with van der Waals surface area (Å²) in [5.41, 5.74) is 27.3. The molecule has 6 aliphatic rings. The van der Waals surface area contributed by atoms with Crippen molar-refractivity contribution in [3.63, 3.8) is 0 Å². The zero-order chi connectivity index (χ0) is 89.9. The van der Waals surface area contributed by atoms with E-state index in [2.05, 4.69) is 111 Å². The number of carbonyl (C=O) groups excluding carboxylic acids is 3. The van der Waals surface area contributed by atoms with Crippen LogP contribution in [-0.4, -0.2) is 273 Å². The first-order valence-corrected chi connectivity index (χ1v) is 47.6. The first-order chi connectivity index (χ1) is 60.1. The van der Waals surface area contributed by atoms with Crippen molar-refractivity contribution in [2.45, 2.75) is 113 Å². The van der Waals surface area contributed by atoms with E-state index >= 15 is 0 Å². The molecule has 15 rings (SSSR count). The average molecular weight is 1750 g/mol. The lowest BCUT2D eigenvalue weighted by Gasteiger charge is -2.31. The number of likely N-dealkylation sites (N-methyl/N-ethyl adjacent to an activating group) is 3. The number of nitrogen functional groups attached to an aromatic ring is 3. The topological polar surface area (TPSA) is 358 Å². The SMILES string of the molecule is C=CC(=O)N(CC)CC.C=CC(=O)N(CC)CC.C=CC(=O)N(CC)CC.C=S1(=O)CCN(CCCOc2nc(N)c3c(n2)CN(c2cc(O)cc4ccccc24)CC3)CC1.C=S1(=O)CCN(CCOc2nc(N)c3c(n2)CN(c2cc(O)cc4ccccc24)CC3)CC1.C[C@H](CN1CCCC1)Oc1nc(N)c2c(n1)CN(c1cc(O)cc3ccccc13)CC2. The number of fused-ring (bicyclic) bond motifs is 6. The van der Waals surface area contributed by atoms with Crippen molar-refractivity contribution in [3.05, 3.63) is 181 Å². The van der Waals surface area contributed by atoms with Crippen LogP contribution >= 0.6 is 0 Å². The molecule has 6 aromatic carbocycles. The van der Waals surface area contributed by atoms with Gasteiger partial charge in [0.15, 0.2) is 0 Å². The summed E-state index contributed by atoms with van der Waals surface area (Å²) >= 11 is 0. The van der Waals surface area contributed by atoms with Crippen molar-refractivity contribution in [1.82, 2.24) is 59.3 Å². The van der Waals surface area contributed by atoms with Crippen LogP contribution in [0.4, 0.5) is 34.5 Å². The van der Waals surface area contributed by atoms with Crippen LogP contribution in [-0.2, 0) is 72.3 Å². The van der Waals surface area contributed by atoms with Gasteiger partial charge < -0.3 is 81.0 Å². The van der Waals surface area contributed by atoms with E-state index in [1.807, 2.05) is 108 Å². The molecule has 3 fully saturated rings. The van der Waals surface area contributed by atoms with Crippen molar-refractivity contribution >= 4 is 115 Å². The van der Waals surface area contributed by atoms with Gasteiger partial charge in [-0.3, -0.25) is 32.6 Å². The number of rotatable bonds is 25. The lowest BCUT2D eigenvalue weighted by Crippen LogP contribution is -2.42. The van der Waals surface area contributed by atoms with E-state index in [9.17, 15) is 38.1 Å². The molecule has 0 aliphatic carbocycles. The van der Waals surface area contributed by atoms with Crippen LogP contribution in [0.2, 0.25) is 0 Å². The Labute approximate surface area is 737 Å². The molecule has 0 saturated carbocycles. The Balaban J connectivity index is 0.000000170. The summed E-state index contributed by atoms with van der Waals surface area (Å²) in [6.45, 7) is 41.4. The molecule has 3 amide bonds. The summed E-state index contributed by atoms with van der Waals surface area (Å²) in [5.74, 6) is 12.5. The standard InChI is InChI=1S/C25H31N5O3S.C24H29N5O3S.C24H29N5O2.3C7H13NO/c1-34(32)13-10-29(11-14-34)8-4-12-33-25-27-22-17-30(9-7-21(22)24(26)28-25)23-16-19(31)15-18-5-2-3-6-20(18)23;1-33(31)12-9-28(10-13-33)8-11-32-24-26-21-16-29(7-6-20(21)23(25)27-24)22-15-18(30)14-17-4-2-3-5-19(17)22;1-16(14-28-9-4-5-10-28)31-24-26-21-15-29(11-8-20(21)23(25)27-24)22-13-18(30)12-17-6-2-3-7-19(17)22;3*1-4-7(9)8(5-2)6-3/h2-3,5-6,15-16,31H,1,4,7-14,17H2,(H2,26,27,28);2-5,14-15,30H,1,6-13,16H2,(H2,25,26,27);2-3,6-7,12-13,16,30H,4-5,8-11,14-15H2,1H3,(H2,25,26,27);3*4H,1,5-6H2,2-3H3/t;;16-;;;/m..1.../s1. The van der Waals surface area contributed by atoms with E-state index in [1.165, 1.54) is 31.1 Å². The third kappa shape index (κ3) is 26.8. The Bertz CT molecular complexity index is 5340. The van der Waals surface area contributed by atoms with E-state index in [0.717, 1.165) is 227 Å². The van der Waals surface area contributed by atoms with Crippen LogP contribution in [0.3, 0.4) is 0 Å². The van der Waals surface area contributed by atoms with Crippen LogP contribution in [0, 0.1) is 0 Å². The Morgan fingerprint density at radius 3 is 1.10 bits per heavy atom. The van der Waals surface area contributed by atoms with Crippen LogP contribution in [0.1, 0.15) is 102 Å². The molecule has 125 heavy (non-hydrogen) atoms. The number of aromatic nitrogens is 6. The number of aromatic hydroxyl groups is 3. The number of amides is 3. The van der Waals surface area contributed by atoms with Gasteiger partial charge in [0.2, 0.25) is 17.7 Å². The fourth-order valence-electron chi connectivity index (χ4n) is 16.0. The molecule has 6 aliphatic heterocycles. The second kappa shape index (κ2) is 45.9. The number of nitrogens with zero attached hydrogens (tertiary/aromatic N) is 15. The van der Waals surface area contributed by atoms with E-state index in [1.54, 1.807) is 39.0 Å². The molecule has 9 N–H and O–H groups in total. The predicted molar refractivity (Wildman–Crippen MR) is 509 cm³/mol. The van der Waals surface area contributed by atoms with Crippen molar-refractivity contribution in [2.75, 3.05) is 186 Å². The van der Waals surface area contributed by atoms with Gasteiger partial charge in [-0.2, -0.15) is 29.9 Å². The van der Waals surface area contributed by atoms with Crippen molar-refractivity contribution < 1.29 is 52.3 Å². The number of hydrogen-bond acceptors (Lipinski definition) is 26. The number of ether oxygens (including phenoxy) is 3. The third-order valence-corrected chi connectivity index (χ3v) is 26.8. The zero-order valence-corrected chi connectivity index (χ0v) is 75.6. The van der Waals surface area contributed by atoms with Crippen molar-refractivity contribution in [3.8, 4) is 35.3 Å². The highest BCUT2D eigenvalue weighted by molar-refractivity contribution is 8.00. The second-order valence-electron chi connectivity index (χ2n) is 31.6. The summed E-state index contributed by atoms with van der Waals surface area (Å²) in [4.78, 5) is 78.4. The van der Waals surface area contributed by atoms with Crippen molar-refractivity contribution in [2.24, 2.45) is 0 Å². The molecule has 31 heteroatoms. The first-order valence-electron chi connectivity index (χ1n) is 43.4. The number of anilines is 6. The minimum absolute atomic E-state index is 0.00487. The molecule has 29 nitrogen and oxygen atoms in total. The molecule has 9 aromatic rings. The quantitative estimate of drug-likeness (QED) is 0.0176. The van der Waals surface area contributed by atoms with E-state index in [4.69, 9.17) is 36.4 Å². The lowest BCUT2D eigenvalue weighted by molar-refractivity contribution is -0.126. The maximum absolute atomic E-state index is 12.0. The Kier molecular flexibility index (Phi) is 35.2. The number of benzene rings is 6. The van der Waals surface area contributed by atoms with E-state index in [-0.39, 0.29) is 47.1 Å². The van der Waals surface area contributed by atoms with Crippen LogP contribution in [0.5, 0.6) is 35.3 Å². The zero-order valence-electron chi connectivity index (χ0n) is 73.9. The van der Waals surface area contributed by atoms with Gasteiger partial charge in [0.1, 0.15) is 47.4 Å². The number of phenolic OH excluding ortho intramolecular Hbond substituents is 3. The van der Waals surface area contributed by atoms with Crippen LogP contribution < -0.4 is 46.1 Å². The first kappa shape index (κ1) is 95.7. The maximum Gasteiger partial charge on any atom is 0.318 e. The molecule has 3 aromatic heterocycles. The molecule has 672 valence electrons. The number of nitrogens with two attached hydrogens (primary N) is 3. The Morgan fingerprint density at radius 2 is 0.768 bits per heavy atom. The van der Waals surface area contributed by atoms with Gasteiger partial charge in [0.25, 0.3) is 0 Å². The Hall–Kier alpha value is -11.5. The van der Waals surface area contributed by atoms with E-state index in [0.29, 0.717) is 85.3 Å². The molecule has 0 unspecified atom stereocenters. The average Bonchev–Trinajstić information content (AvgIpc) is 0.955.